The second-order valence-corrected chi connectivity index (χ2v) is 7.90. The molecule has 1 aliphatic heterocycles. The number of hydrogen-bond acceptors (Lipinski definition) is 6. The van der Waals surface area contributed by atoms with Gasteiger partial charge in [0.05, 0.1) is 25.4 Å². The van der Waals surface area contributed by atoms with Gasteiger partial charge in [0, 0.05) is 17.8 Å². The number of hydrogen-bond donors (Lipinski definition) is 1. The second kappa shape index (κ2) is 10.9. The van der Waals surface area contributed by atoms with Crippen molar-refractivity contribution in [3.05, 3.63) is 54.1 Å². The molecule has 7 nitrogen and oxygen atoms in total. The fourth-order valence-electron chi connectivity index (χ4n) is 3.26. The van der Waals surface area contributed by atoms with E-state index in [0.717, 1.165) is 17.0 Å². The molecular formula is C23H26N2O5S. The lowest BCUT2D eigenvalue weighted by atomic mass is 10.1. The fourth-order valence-corrected chi connectivity index (χ4v) is 4.43. The molecule has 0 radical (unpaired) electrons. The summed E-state index contributed by atoms with van der Waals surface area (Å²) in [5.74, 6) is 0.522. The highest BCUT2D eigenvalue weighted by Crippen LogP contribution is 2.42. The number of benzene rings is 2. The van der Waals surface area contributed by atoms with Crippen molar-refractivity contribution in [1.29, 1.82) is 0 Å². The Labute approximate surface area is 186 Å². The average Bonchev–Trinajstić information content (AvgIpc) is 3.15. The van der Waals surface area contributed by atoms with E-state index in [4.69, 9.17) is 9.47 Å². The van der Waals surface area contributed by atoms with Crippen molar-refractivity contribution in [1.82, 2.24) is 0 Å². The highest BCUT2D eigenvalue weighted by Gasteiger charge is 2.34. The number of esters is 1. The van der Waals surface area contributed by atoms with Gasteiger partial charge in [-0.05, 0) is 55.8 Å². The lowest BCUT2D eigenvalue weighted by Crippen LogP contribution is -2.27. The first-order chi connectivity index (χ1) is 15.0. The van der Waals surface area contributed by atoms with Crippen LogP contribution in [0.1, 0.15) is 37.6 Å². The Kier molecular flexibility index (Phi) is 7.94. The Morgan fingerprint density at radius 3 is 2.58 bits per heavy atom. The molecule has 1 aliphatic rings. The van der Waals surface area contributed by atoms with Crippen LogP contribution in [-0.2, 0) is 19.1 Å². The molecule has 0 bridgehead atoms. The van der Waals surface area contributed by atoms with Gasteiger partial charge in [0.25, 0.3) is 0 Å². The topological polar surface area (TPSA) is 84.9 Å². The summed E-state index contributed by atoms with van der Waals surface area (Å²) >= 11 is 1.54. The highest BCUT2D eigenvalue weighted by atomic mass is 32.2. The minimum Gasteiger partial charge on any atom is -0.494 e. The third kappa shape index (κ3) is 6.01. The van der Waals surface area contributed by atoms with Gasteiger partial charge >= 0.3 is 5.97 Å². The summed E-state index contributed by atoms with van der Waals surface area (Å²) in [5, 5.41) is 2.62. The number of carbonyl (C=O) groups excluding carboxylic acids is 3. The molecule has 1 N–H and O–H groups in total. The highest BCUT2D eigenvalue weighted by molar-refractivity contribution is 8.00. The lowest BCUT2D eigenvalue weighted by Gasteiger charge is -2.25. The van der Waals surface area contributed by atoms with Crippen LogP contribution in [0.3, 0.4) is 0 Å². The molecule has 8 heteroatoms. The Morgan fingerprint density at radius 2 is 1.87 bits per heavy atom. The molecule has 2 aromatic rings. The summed E-state index contributed by atoms with van der Waals surface area (Å²) in [6.07, 6.45) is 0.0931. The molecule has 2 aromatic carbocycles. The van der Waals surface area contributed by atoms with Gasteiger partial charge in [0.1, 0.15) is 11.1 Å². The molecule has 0 saturated carbocycles. The van der Waals surface area contributed by atoms with Crippen molar-refractivity contribution in [2.45, 2.75) is 32.1 Å². The number of nitrogens with one attached hydrogen (secondary N) is 1. The van der Waals surface area contributed by atoms with Crippen LogP contribution < -0.4 is 15.0 Å². The van der Waals surface area contributed by atoms with E-state index in [1.54, 1.807) is 17.9 Å². The molecule has 1 saturated heterocycles. The van der Waals surface area contributed by atoms with Gasteiger partial charge in [-0.25, -0.2) is 0 Å². The Hall–Kier alpha value is -3.00. The first-order valence-corrected chi connectivity index (χ1v) is 11.3. The minimum atomic E-state index is -0.390. The zero-order valence-corrected chi connectivity index (χ0v) is 18.4. The molecule has 31 heavy (non-hydrogen) atoms. The van der Waals surface area contributed by atoms with Crippen LogP contribution >= 0.6 is 11.8 Å². The molecule has 1 unspecified atom stereocenters. The number of anilines is 2. The van der Waals surface area contributed by atoms with Gasteiger partial charge < -0.3 is 14.8 Å². The van der Waals surface area contributed by atoms with Gasteiger partial charge in [-0.15, -0.1) is 11.8 Å². The van der Waals surface area contributed by atoms with Crippen LogP contribution in [0.15, 0.2) is 48.5 Å². The van der Waals surface area contributed by atoms with Gasteiger partial charge in [-0.2, -0.15) is 0 Å². The summed E-state index contributed by atoms with van der Waals surface area (Å²) in [4.78, 5) is 38.0. The van der Waals surface area contributed by atoms with Gasteiger partial charge in [0.15, 0.2) is 0 Å². The number of ether oxygens (including phenoxy) is 2. The summed E-state index contributed by atoms with van der Waals surface area (Å²) in [7, 11) is 0. The van der Waals surface area contributed by atoms with E-state index in [1.165, 1.54) is 11.8 Å². The summed E-state index contributed by atoms with van der Waals surface area (Å²) in [6.45, 7) is 4.53. The number of carbonyl (C=O) groups is 3. The normalized spacial score (nSPS) is 15.6. The smallest absolute Gasteiger partial charge is 0.306 e. The first kappa shape index (κ1) is 22.7. The van der Waals surface area contributed by atoms with Crippen molar-refractivity contribution >= 4 is 40.9 Å². The molecule has 0 spiro atoms. The van der Waals surface area contributed by atoms with Crippen LogP contribution in [0.2, 0.25) is 0 Å². The predicted molar refractivity (Wildman–Crippen MR) is 121 cm³/mol. The SMILES string of the molecule is CCOC(=O)CCC(=O)Nc1cccc(C2SCC(=O)N2c2ccc(OCC)cc2)c1. The van der Waals surface area contributed by atoms with Crippen LogP contribution in [0.25, 0.3) is 0 Å². The number of nitrogens with zero attached hydrogens (tertiary/aromatic N) is 1. The van der Waals surface area contributed by atoms with Gasteiger partial charge in [0.2, 0.25) is 11.8 Å². The van der Waals surface area contributed by atoms with E-state index in [0.29, 0.717) is 24.7 Å². The fraction of sp³-hybridized carbons (Fsp3) is 0.348. The second-order valence-electron chi connectivity index (χ2n) is 6.83. The van der Waals surface area contributed by atoms with E-state index in [-0.39, 0.29) is 30.0 Å². The van der Waals surface area contributed by atoms with Gasteiger partial charge in [-0.3, -0.25) is 19.3 Å². The maximum absolute atomic E-state index is 12.6. The van der Waals surface area contributed by atoms with E-state index in [9.17, 15) is 14.4 Å². The van der Waals surface area contributed by atoms with Crippen molar-refractivity contribution < 1.29 is 23.9 Å². The maximum Gasteiger partial charge on any atom is 0.306 e. The lowest BCUT2D eigenvalue weighted by molar-refractivity contribution is -0.144. The molecule has 164 valence electrons. The molecule has 2 amide bonds. The zero-order valence-electron chi connectivity index (χ0n) is 17.6. The Morgan fingerprint density at radius 1 is 1.10 bits per heavy atom. The quantitative estimate of drug-likeness (QED) is 0.588. The van der Waals surface area contributed by atoms with Crippen LogP contribution in [0.5, 0.6) is 5.75 Å². The Bertz CT molecular complexity index is 932. The van der Waals surface area contributed by atoms with E-state index in [2.05, 4.69) is 5.32 Å². The minimum absolute atomic E-state index is 0.0306. The Balaban J connectivity index is 1.70. The largest absolute Gasteiger partial charge is 0.494 e. The van der Waals surface area contributed by atoms with Crippen molar-refractivity contribution in [2.24, 2.45) is 0 Å². The zero-order chi connectivity index (χ0) is 22.2. The number of rotatable bonds is 9. The van der Waals surface area contributed by atoms with Crippen molar-refractivity contribution in [3.63, 3.8) is 0 Å². The molecule has 0 aromatic heterocycles. The van der Waals surface area contributed by atoms with E-state index >= 15 is 0 Å². The third-order valence-electron chi connectivity index (χ3n) is 4.61. The molecular weight excluding hydrogens is 416 g/mol. The number of thioether (sulfide) groups is 1. The standard InChI is InChI=1S/C23H26N2O5S/c1-3-29-19-10-8-18(9-11-19)25-21(27)15-31-23(25)16-6-5-7-17(14-16)24-20(26)12-13-22(28)30-4-2/h5-11,14,23H,3-4,12-13,15H2,1-2H3,(H,24,26). The summed E-state index contributed by atoms with van der Waals surface area (Å²) in [6, 6.07) is 14.9. The van der Waals surface area contributed by atoms with Crippen molar-refractivity contribution in [2.75, 3.05) is 29.2 Å². The third-order valence-corrected chi connectivity index (χ3v) is 5.82. The molecule has 3 rings (SSSR count). The monoisotopic (exact) mass is 442 g/mol. The van der Waals surface area contributed by atoms with Crippen LogP contribution in [0, 0.1) is 0 Å². The predicted octanol–water partition coefficient (Wildman–Crippen LogP) is 4.15. The molecule has 1 atom stereocenters. The number of amides is 2. The van der Waals surface area contributed by atoms with E-state index in [1.807, 2.05) is 49.4 Å². The summed E-state index contributed by atoms with van der Waals surface area (Å²) < 4.78 is 10.3. The van der Waals surface area contributed by atoms with Crippen LogP contribution in [-0.4, -0.2) is 36.8 Å². The summed E-state index contributed by atoms with van der Waals surface area (Å²) in [5.41, 5.74) is 2.33. The first-order valence-electron chi connectivity index (χ1n) is 10.2. The van der Waals surface area contributed by atoms with E-state index < -0.39 is 5.97 Å². The molecule has 1 heterocycles. The maximum atomic E-state index is 12.6. The van der Waals surface area contributed by atoms with Crippen LogP contribution in [0.4, 0.5) is 11.4 Å². The van der Waals surface area contributed by atoms with Crippen molar-refractivity contribution in [3.8, 4) is 5.75 Å². The van der Waals surface area contributed by atoms with Gasteiger partial charge in [-0.1, -0.05) is 12.1 Å². The molecule has 0 aliphatic carbocycles. The molecule has 1 fully saturated rings. The average molecular weight is 443 g/mol.